The monoisotopic (exact) mass is 383 g/mol. The van der Waals surface area contributed by atoms with E-state index in [1.165, 1.54) is 31.7 Å². The molecule has 2 aromatic heterocycles. The number of imidazole rings is 1. The number of fused-ring (bicyclic) bond motifs is 1. The van der Waals surface area contributed by atoms with Crippen LogP contribution in [0.25, 0.3) is 11.2 Å². The fourth-order valence-electron chi connectivity index (χ4n) is 2.76. The summed E-state index contributed by atoms with van der Waals surface area (Å²) in [6.07, 6.45) is 0.590. The summed E-state index contributed by atoms with van der Waals surface area (Å²) in [6, 6.07) is 0. The summed E-state index contributed by atoms with van der Waals surface area (Å²) in [7, 11) is 0. The van der Waals surface area contributed by atoms with Crippen molar-refractivity contribution in [2.45, 2.75) is 45.8 Å². The number of aromatic nitrogens is 4. The molecule has 0 aromatic carbocycles. The van der Waals surface area contributed by atoms with Gasteiger partial charge in [0.05, 0.1) is 18.4 Å². The Morgan fingerprint density at radius 1 is 1.52 bits per heavy atom. The van der Waals surface area contributed by atoms with Crippen molar-refractivity contribution < 1.29 is 24.5 Å². The topological polar surface area (TPSA) is 194 Å². The molecule has 0 aliphatic carbocycles. The largest absolute Gasteiger partial charge is 0.545 e. The van der Waals surface area contributed by atoms with Gasteiger partial charge in [-0.05, 0) is 13.3 Å². The number of rotatable bonds is 9. The zero-order valence-electron chi connectivity index (χ0n) is 15.3. The first-order chi connectivity index (χ1) is 12.5. The maximum atomic E-state index is 11.7. The van der Waals surface area contributed by atoms with E-state index in [0.29, 0.717) is 0 Å². The van der Waals surface area contributed by atoms with Gasteiger partial charge in [0.15, 0.2) is 23.7 Å². The third kappa shape index (κ3) is 4.24. The number of nitrogens with one attached hydrogen (secondary N) is 1. The molecule has 0 aliphatic heterocycles. The molecule has 0 bridgehead atoms. The summed E-state index contributed by atoms with van der Waals surface area (Å²) < 4.78 is 11.9. The molecule has 2 atom stereocenters. The minimum absolute atomic E-state index is 0.0651. The van der Waals surface area contributed by atoms with Crippen LogP contribution in [0.1, 0.15) is 27.2 Å². The van der Waals surface area contributed by atoms with Gasteiger partial charge in [0.1, 0.15) is 6.73 Å². The lowest BCUT2D eigenvalue weighted by Crippen LogP contribution is -2.66. The Kier molecular flexibility index (Phi) is 5.85. The summed E-state index contributed by atoms with van der Waals surface area (Å²) in [4.78, 5) is 33.5. The van der Waals surface area contributed by atoms with Gasteiger partial charge in [0, 0.05) is 5.41 Å². The van der Waals surface area contributed by atoms with Gasteiger partial charge < -0.3 is 30.2 Å². The Bertz CT molecular complexity index is 875. The van der Waals surface area contributed by atoms with Gasteiger partial charge in [-0.25, -0.2) is 4.98 Å². The molecular weight excluding hydrogens is 360 g/mol. The van der Waals surface area contributed by atoms with Gasteiger partial charge in [0.2, 0.25) is 5.95 Å². The Morgan fingerprint density at radius 2 is 2.19 bits per heavy atom. The number of aliphatic hydroxyl groups is 1. The molecule has 12 nitrogen and oxygen atoms in total. The average Bonchev–Trinajstić information content (AvgIpc) is 2.92. The zero-order valence-corrected chi connectivity index (χ0v) is 15.3. The number of nitrogens with two attached hydrogens (primary N) is 2. The van der Waals surface area contributed by atoms with Gasteiger partial charge >= 0.3 is 0 Å². The van der Waals surface area contributed by atoms with Crippen LogP contribution in [0, 0.1) is 5.41 Å². The summed E-state index contributed by atoms with van der Waals surface area (Å²) in [5.74, 6) is -1.71. The number of aliphatic carboxylic acids is 1. The van der Waals surface area contributed by atoms with Gasteiger partial charge in [0.25, 0.3) is 5.56 Å². The van der Waals surface area contributed by atoms with Crippen molar-refractivity contribution in [3.8, 4) is 0 Å². The van der Waals surface area contributed by atoms with Gasteiger partial charge in [-0.2, -0.15) is 4.98 Å². The molecule has 12 heteroatoms. The molecular formula is C15H23N6O6-. The Labute approximate surface area is 154 Å². The van der Waals surface area contributed by atoms with Gasteiger partial charge in [-0.3, -0.25) is 20.1 Å². The normalized spacial score (nSPS) is 15.6. The van der Waals surface area contributed by atoms with Crippen LogP contribution in [0.2, 0.25) is 0 Å². The second kappa shape index (κ2) is 7.60. The maximum Gasteiger partial charge on any atom is 0.280 e. The van der Waals surface area contributed by atoms with E-state index in [1.54, 1.807) is 0 Å². The fourth-order valence-corrected chi connectivity index (χ4v) is 2.76. The lowest BCUT2D eigenvalue weighted by Gasteiger charge is -2.44. The number of nitrogen functional groups attached to an aromatic ring is 1. The Hall–Kier alpha value is -2.54. The summed E-state index contributed by atoms with van der Waals surface area (Å²) in [5, 5.41) is 21.1. The molecule has 6 N–H and O–H groups in total. The molecule has 150 valence electrons. The van der Waals surface area contributed by atoms with Gasteiger partial charge in [-0.1, -0.05) is 13.8 Å². The molecule has 0 spiro atoms. The van der Waals surface area contributed by atoms with E-state index in [4.69, 9.17) is 20.9 Å². The van der Waals surface area contributed by atoms with Crippen molar-refractivity contribution in [3.63, 3.8) is 0 Å². The van der Waals surface area contributed by atoms with Crippen molar-refractivity contribution in [1.82, 2.24) is 19.5 Å². The molecule has 27 heavy (non-hydrogen) atoms. The highest BCUT2D eigenvalue weighted by molar-refractivity contribution is 5.75. The quantitative estimate of drug-likeness (QED) is 0.274. The molecule has 2 aromatic rings. The summed E-state index contributed by atoms with van der Waals surface area (Å²) >= 11 is 0. The number of carbonyl (C=O) groups excluding carboxylic acids is 1. The predicted octanol–water partition coefficient (Wildman–Crippen LogP) is -2.15. The second-order valence-electron chi connectivity index (χ2n) is 6.89. The first-order valence-corrected chi connectivity index (χ1v) is 8.08. The number of carboxylic acids is 1. The van der Waals surface area contributed by atoms with Crippen molar-refractivity contribution in [3.05, 3.63) is 16.7 Å². The SMILES string of the molecule is C[C@@H](O)CC(C)(C)C(N)(OCOCn1cnc2c(=O)[nH]c(N)nc21)C(=O)[O-]. The predicted molar refractivity (Wildman–Crippen MR) is 91.6 cm³/mol. The van der Waals surface area contributed by atoms with Crippen LogP contribution in [0.3, 0.4) is 0 Å². The first-order valence-electron chi connectivity index (χ1n) is 8.08. The first kappa shape index (κ1) is 20.8. The molecule has 0 fully saturated rings. The van der Waals surface area contributed by atoms with E-state index in [0.717, 1.165) is 0 Å². The molecule has 0 saturated heterocycles. The highest BCUT2D eigenvalue weighted by atomic mass is 16.7. The lowest BCUT2D eigenvalue weighted by atomic mass is 9.77. The Morgan fingerprint density at radius 3 is 2.78 bits per heavy atom. The van der Waals surface area contributed by atoms with Crippen molar-refractivity contribution in [1.29, 1.82) is 0 Å². The van der Waals surface area contributed by atoms with Crippen LogP contribution in [-0.2, 0) is 21.0 Å². The highest BCUT2D eigenvalue weighted by Gasteiger charge is 2.45. The summed E-state index contributed by atoms with van der Waals surface area (Å²) in [6.45, 7) is 3.95. The highest BCUT2D eigenvalue weighted by Crippen LogP contribution is 2.34. The van der Waals surface area contributed by atoms with E-state index in [2.05, 4.69) is 15.0 Å². The number of anilines is 1. The number of ether oxygens (including phenoxy) is 2. The van der Waals surface area contributed by atoms with Crippen LogP contribution in [0.15, 0.2) is 11.1 Å². The van der Waals surface area contributed by atoms with Crippen LogP contribution >= 0.6 is 0 Å². The molecule has 2 heterocycles. The smallest absolute Gasteiger partial charge is 0.280 e. The third-order valence-corrected chi connectivity index (χ3v) is 4.21. The Balaban J connectivity index is 2.06. The van der Waals surface area contributed by atoms with E-state index in [9.17, 15) is 19.8 Å². The molecule has 2 rings (SSSR count). The van der Waals surface area contributed by atoms with Crippen molar-refractivity contribution >= 4 is 23.1 Å². The minimum Gasteiger partial charge on any atom is -0.545 e. The number of aliphatic hydroxyl groups excluding tert-OH is 1. The lowest BCUT2D eigenvalue weighted by molar-refractivity contribution is -0.342. The number of H-pyrrole nitrogens is 1. The van der Waals surface area contributed by atoms with Crippen molar-refractivity contribution in [2.75, 3.05) is 12.5 Å². The molecule has 0 saturated carbocycles. The van der Waals surface area contributed by atoms with E-state index in [-0.39, 0.29) is 30.3 Å². The van der Waals surface area contributed by atoms with Crippen molar-refractivity contribution in [2.24, 2.45) is 11.1 Å². The maximum absolute atomic E-state index is 11.7. The van der Waals surface area contributed by atoms with E-state index in [1.807, 2.05) is 0 Å². The summed E-state index contributed by atoms with van der Waals surface area (Å²) in [5.41, 5.74) is 7.83. The van der Waals surface area contributed by atoms with Crippen LogP contribution in [-0.4, -0.2) is 49.2 Å². The standard InChI is InChI=1S/C15H24N6O6/c1-8(22)4-14(2,3)15(17,12(24)25)27-7-26-6-21-5-18-9-10(21)19-13(16)20-11(9)23/h5,8,22H,4,6-7,17H2,1-3H3,(H,24,25)(H3,16,19,20,23)/p-1/t8-,15?/m1/s1. The van der Waals surface area contributed by atoms with Crippen LogP contribution in [0.5, 0.6) is 0 Å². The minimum atomic E-state index is -2.19. The zero-order chi connectivity index (χ0) is 20.4. The fraction of sp³-hybridized carbons (Fsp3) is 0.600. The molecule has 0 aliphatic rings. The number of carbonyl (C=O) groups is 1. The van der Waals surface area contributed by atoms with E-state index >= 15 is 0 Å². The van der Waals surface area contributed by atoms with Gasteiger partial charge in [-0.15, -0.1) is 0 Å². The average molecular weight is 383 g/mol. The van der Waals surface area contributed by atoms with Crippen LogP contribution in [0.4, 0.5) is 5.95 Å². The van der Waals surface area contributed by atoms with Crippen LogP contribution < -0.4 is 22.1 Å². The number of hydrogen-bond donors (Lipinski definition) is 4. The number of aromatic amines is 1. The number of nitrogens with zero attached hydrogens (tertiary/aromatic N) is 3. The number of hydrogen-bond acceptors (Lipinski definition) is 10. The van der Waals surface area contributed by atoms with E-state index < -0.39 is 35.6 Å². The molecule has 0 radical (unpaired) electrons. The number of carboxylic acid groups (broad SMARTS) is 1. The second-order valence-corrected chi connectivity index (χ2v) is 6.89. The third-order valence-electron chi connectivity index (χ3n) is 4.21. The molecule has 1 unspecified atom stereocenters. The molecule has 0 amide bonds.